The van der Waals surface area contributed by atoms with E-state index in [2.05, 4.69) is 21.1 Å². The highest BCUT2D eigenvalue weighted by molar-refractivity contribution is 7.89. The molecule has 4 rings (SSSR count). The molecule has 0 radical (unpaired) electrons. The number of sulfonamides is 1. The van der Waals surface area contributed by atoms with Crippen LogP contribution in [0.15, 0.2) is 89.8 Å². The van der Waals surface area contributed by atoms with Gasteiger partial charge in [0.15, 0.2) is 0 Å². The zero-order valence-corrected chi connectivity index (χ0v) is 20.0. The first kappa shape index (κ1) is 25.0. The molecule has 36 heavy (non-hydrogen) atoms. The summed E-state index contributed by atoms with van der Waals surface area (Å²) in [4.78, 5) is 27.3. The highest BCUT2D eigenvalue weighted by atomic mass is 32.2. The third-order valence-electron chi connectivity index (χ3n) is 5.46. The summed E-state index contributed by atoms with van der Waals surface area (Å²) in [7, 11) is -4.06. The number of H-pyrrole nitrogens is 1. The number of amides is 1. The van der Waals surface area contributed by atoms with Gasteiger partial charge in [-0.2, -0.15) is 4.72 Å². The first-order chi connectivity index (χ1) is 17.3. The van der Waals surface area contributed by atoms with Gasteiger partial charge in [-0.05, 0) is 53.9 Å². The lowest BCUT2D eigenvalue weighted by atomic mass is 10.2. The van der Waals surface area contributed by atoms with E-state index in [1.807, 2.05) is 24.3 Å². The molecule has 0 aliphatic rings. The van der Waals surface area contributed by atoms with Gasteiger partial charge < -0.3 is 20.1 Å². The van der Waals surface area contributed by atoms with Gasteiger partial charge in [-0.25, -0.2) is 8.42 Å². The predicted octanol–water partition coefficient (Wildman–Crippen LogP) is 2.95. The Labute approximate surface area is 208 Å². The van der Waals surface area contributed by atoms with Gasteiger partial charge in [0, 0.05) is 29.7 Å². The van der Waals surface area contributed by atoms with Gasteiger partial charge in [0.1, 0.15) is 11.8 Å². The van der Waals surface area contributed by atoms with Crippen molar-refractivity contribution in [2.24, 2.45) is 0 Å². The summed E-state index contributed by atoms with van der Waals surface area (Å²) in [6.07, 6.45) is 0.687. The topological polar surface area (TPSA) is 138 Å². The van der Waals surface area contributed by atoms with Crippen LogP contribution in [0.3, 0.4) is 0 Å². The fourth-order valence-corrected chi connectivity index (χ4v) is 4.79. The second kappa shape index (κ2) is 11.1. The maximum Gasteiger partial charge on any atom is 0.323 e. The Hall–Kier alpha value is -4.15. The van der Waals surface area contributed by atoms with Crippen molar-refractivity contribution >= 4 is 32.8 Å². The van der Waals surface area contributed by atoms with Gasteiger partial charge in [-0.3, -0.25) is 9.59 Å². The minimum Gasteiger partial charge on any atom is -0.493 e. The number of carbonyl (C=O) groups is 2. The number of hydrogen-bond acceptors (Lipinski definition) is 5. The highest BCUT2D eigenvalue weighted by Gasteiger charge is 2.26. The van der Waals surface area contributed by atoms with Crippen LogP contribution in [0.5, 0.6) is 5.75 Å². The van der Waals surface area contributed by atoms with E-state index in [0.717, 1.165) is 16.6 Å². The molecular formula is C26H25N3O6S. The molecule has 0 aliphatic carbocycles. The summed E-state index contributed by atoms with van der Waals surface area (Å²) in [6.45, 7) is 0.0171. The maximum atomic E-state index is 12.5. The second-order valence-electron chi connectivity index (χ2n) is 8.04. The largest absolute Gasteiger partial charge is 0.493 e. The molecule has 186 valence electrons. The Morgan fingerprint density at radius 3 is 2.33 bits per heavy atom. The quantitative estimate of drug-likeness (QED) is 0.246. The number of aromatic nitrogens is 1. The van der Waals surface area contributed by atoms with Crippen molar-refractivity contribution in [3.8, 4) is 5.75 Å². The molecule has 0 saturated carbocycles. The summed E-state index contributed by atoms with van der Waals surface area (Å²) in [5.74, 6) is -1.36. The second-order valence-corrected chi connectivity index (χ2v) is 9.75. The lowest BCUT2D eigenvalue weighted by Gasteiger charge is -2.16. The smallest absolute Gasteiger partial charge is 0.323 e. The van der Waals surface area contributed by atoms with E-state index in [1.165, 1.54) is 24.3 Å². The van der Waals surface area contributed by atoms with Crippen molar-refractivity contribution in [2.75, 3.05) is 13.2 Å². The number of carboxylic acid groups (broad SMARTS) is 1. The Bertz CT molecular complexity index is 1420. The molecule has 3 aromatic carbocycles. The van der Waals surface area contributed by atoms with Crippen molar-refractivity contribution in [1.29, 1.82) is 0 Å². The van der Waals surface area contributed by atoms with E-state index in [4.69, 9.17) is 4.74 Å². The third kappa shape index (κ3) is 6.29. The molecule has 4 aromatic rings. The number of hydrogen-bond donors (Lipinski definition) is 4. The van der Waals surface area contributed by atoms with Gasteiger partial charge in [-0.15, -0.1) is 0 Å². The number of aliphatic carboxylic acids is 1. The number of nitrogens with one attached hydrogen (secondary N) is 3. The minimum absolute atomic E-state index is 0.0669. The molecule has 0 saturated heterocycles. The number of aromatic amines is 1. The number of carbonyl (C=O) groups excluding carboxylic acids is 1. The Kier molecular flexibility index (Phi) is 7.67. The summed E-state index contributed by atoms with van der Waals surface area (Å²) in [5, 5.41) is 13.0. The van der Waals surface area contributed by atoms with Crippen LogP contribution in [-0.2, 0) is 21.2 Å². The molecular weight excluding hydrogens is 482 g/mol. The molecule has 0 fully saturated rings. The summed E-state index contributed by atoms with van der Waals surface area (Å²) in [5.41, 5.74) is 2.41. The number of fused-ring (bicyclic) bond motifs is 1. The highest BCUT2D eigenvalue weighted by Crippen LogP contribution is 2.16. The molecule has 1 unspecified atom stereocenters. The van der Waals surface area contributed by atoms with Crippen molar-refractivity contribution in [3.05, 3.63) is 96.2 Å². The van der Waals surface area contributed by atoms with Crippen molar-refractivity contribution in [3.63, 3.8) is 0 Å². The fraction of sp³-hybridized carbons (Fsp3) is 0.154. The van der Waals surface area contributed by atoms with Crippen molar-refractivity contribution in [2.45, 2.75) is 17.4 Å². The number of rotatable bonds is 11. The standard InChI is InChI=1S/C26H25N3O6S/c30-25(27-17-24(26(31)32)29-36(33,34)22-7-2-1-3-8-22)18-10-12-21(13-11-18)35-15-14-20-16-19-6-4-5-9-23(19)28-20/h1-13,16,24,28-29H,14-15,17H2,(H,27,30)(H,31,32). The summed E-state index contributed by atoms with van der Waals surface area (Å²) >= 11 is 0. The van der Waals surface area contributed by atoms with Gasteiger partial charge in [0.05, 0.1) is 11.5 Å². The van der Waals surface area contributed by atoms with Gasteiger partial charge in [-0.1, -0.05) is 36.4 Å². The molecule has 1 atom stereocenters. The number of ether oxygens (including phenoxy) is 1. The lowest BCUT2D eigenvalue weighted by Crippen LogP contribution is -2.48. The first-order valence-electron chi connectivity index (χ1n) is 11.2. The van der Waals surface area contributed by atoms with Crippen LogP contribution in [-0.4, -0.2) is 49.6 Å². The Balaban J connectivity index is 1.28. The van der Waals surface area contributed by atoms with E-state index in [0.29, 0.717) is 18.8 Å². The van der Waals surface area contributed by atoms with Crippen LogP contribution in [0.1, 0.15) is 16.1 Å². The minimum atomic E-state index is -4.06. The average Bonchev–Trinajstić information content (AvgIpc) is 3.30. The molecule has 1 heterocycles. The van der Waals surface area contributed by atoms with Crippen LogP contribution in [0, 0.1) is 0 Å². The number of benzene rings is 3. The molecule has 1 aromatic heterocycles. The monoisotopic (exact) mass is 507 g/mol. The van der Waals surface area contributed by atoms with Crippen molar-refractivity contribution in [1.82, 2.24) is 15.0 Å². The van der Waals surface area contributed by atoms with Crippen LogP contribution in [0.4, 0.5) is 0 Å². The molecule has 0 bridgehead atoms. The van der Waals surface area contributed by atoms with Gasteiger partial charge >= 0.3 is 5.97 Å². The number of para-hydroxylation sites is 1. The van der Waals surface area contributed by atoms with Gasteiger partial charge in [0.2, 0.25) is 10.0 Å². The molecule has 10 heteroatoms. The normalized spacial score (nSPS) is 12.2. The predicted molar refractivity (Wildman–Crippen MR) is 134 cm³/mol. The Morgan fingerprint density at radius 2 is 1.64 bits per heavy atom. The SMILES string of the molecule is O=C(NCC(NS(=O)(=O)c1ccccc1)C(=O)O)c1ccc(OCCc2cc3ccccc3[nH]2)cc1. The first-order valence-corrected chi connectivity index (χ1v) is 12.7. The summed E-state index contributed by atoms with van der Waals surface area (Å²) < 4.78 is 32.7. The fourth-order valence-electron chi connectivity index (χ4n) is 3.58. The molecule has 0 spiro atoms. The third-order valence-corrected chi connectivity index (χ3v) is 6.95. The van der Waals surface area contributed by atoms with Crippen LogP contribution in [0.2, 0.25) is 0 Å². The molecule has 0 aliphatic heterocycles. The zero-order chi connectivity index (χ0) is 25.5. The summed E-state index contributed by atoms with van der Waals surface area (Å²) in [6, 6.07) is 22.4. The Morgan fingerprint density at radius 1 is 0.944 bits per heavy atom. The van der Waals surface area contributed by atoms with Crippen LogP contribution in [0.25, 0.3) is 10.9 Å². The molecule has 1 amide bonds. The molecule has 9 nitrogen and oxygen atoms in total. The van der Waals surface area contributed by atoms with E-state index in [-0.39, 0.29) is 10.5 Å². The van der Waals surface area contributed by atoms with E-state index in [1.54, 1.807) is 30.3 Å². The van der Waals surface area contributed by atoms with E-state index >= 15 is 0 Å². The lowest BCUT2D eigenvalue weighted by molar-refractivity contribution is -0.138. The van der Waals surface area contributed by atoms with Gasteiger partial charge in [0.25, 0.3) is 5.91 Å². The van der Waals surface area contributed by atoms with E-state index < -0.39 is 34.5 Å². The molecule has 4 N–H and O–H groups in total. The van der Waals surface area contributed by atoms with Crippen LogP contribution >= 0.6 is 0 Å². The van der Waals surface area contributed by atoms with Crippen LogP contribution < -0.4 is 14.8 Å². The average molecular weight is 508 g/mol. The van der Waals surface area contributed by atoms with Crippen molar-refractivity contribution < 1.29 is 27.9 Å². The maximum absolute atomic E-state index is 12.5. The number of carboxylic acids is 1. The zero-order valence-electron chi connectivity index (χ0n) is 19.2. The van der Waals surface area contributed by atoms with E-state index in [9.17, 15) is 23.1 Å².